The number of aliphatic carboxylic acids is 1. The third-order valence-corrected chi connectivity index (χ3v) is 9.74. The summed E-state index contributed by atoms with van der Waals surface area (Å²) in [7, 11) is 1.62. The number of carboxylic acid groups (broad SMARTS) is 1. The van der Waals surface area contributed by atoms with Crippen LogP contribution in [0.1, 0.15) is 82.9 Å². The summed E-state index contributed by atoms with van der Waals surface area (Å²) in [6, 6.07) is -1.06. The molecule has 0 spiro atoms. The molecule has 12 nitrogen and oxygen atoms in total. The molecule has 3 heterocycles. The Hall–Kier alpha value is -2.51. The molecule has 3 aliphatic rings. The average Bonchev–Trinajstić information content (AvgIpc) is 3.69. The molecule has 3 rings (SSSR count). The number of methoxy groups -OCH3 is 1. The molecule has 3 aliphatic heterocycles. The zero-order valence-corrected chi connectivity index (χ0v) is 29.4. The van der Waals surface area contributed by atoms with E-state index in [1.165, 1.54) is 0 Å². The summed E-state index contributed by atoms with van der Waals surface area (Å²) in [5.41, 5.74) is 0.824. The number of carboxylic acids is 1. The molecule has 3 fully saturated rings. The average molecular weight is 670 g/mol. The topological polar surface area (TPSA) is 159 Å². The molecule has 10 atom stereocenters. The van der Waals surface area contributed by atoms with E-state index in [0.29, 0.717) is 19.5 Å². The van der Waals surface area contributed by atoms with Crippen LogP contribution in [0.15, 0.2) is 23.8 Å². The monoisotopic (exact) mass is 669 g/mol. The van der Waals surface area contributed by atoms with E-state index >= 15 is 0 Å². The van der Waals surface area contributed by atoms with E-state index in [2.05, 4.69) is 56.6 Å². The molecule has 0 saturated carbocycles. The second kappa shape index (κ2) is 18.3. The number of piperazine rings is 1. The SMILES string of the molecule is CO[C@H]([C@@H](C)[C@H]1O[C@]1(C)C[C@H](C)/C=C/C=C(\C)[C@H]1O[C@@H](CC(=O)N[C@@H](CCCOC(=O)N2CCNCC2)C(=O)O)CC[C@@H]1C)[C@@H](C)O.[HH].[HH]. The van der Waals surface area contributed by atoms with Crippen molar-refractivity contribution < 1.29 is 46.4 Å². The van der Waals surface area contributed by atoms with E-state index in [1.54, 1.807) is 18.9 Å². The van der Waals surface area contributed by atoms with Gasteiger partial charge in [0.1, 0.15) is 6.04 Å². The molecule has 2 amide bonds. The molecule has 0 aromatic carbocycles. The van der Waals surface area contributed by atoms with Gasteiger partial charge in [-0.15, -0.1) is 0 Å². The molecule has 3 saturated heterocycles. The number of ether oxygens (including phenoxy) is 4. The maximum atomic E-state index is 12.8. The van der Waals surface area contributed by atoms with Crippen molar-refractivity contribution in [3.63, 3.8) is 0 Å². The van der Waals surface area contributed by atoms with E-state index in [1.807, 2.05) is 6.92 Å². The quantitative estimate of drug-likeness (QED) is 0.101. The minimum Gasteiger partial charge on any atom is -0.480 e. The maximum absolute atomic E-state index is 12.8. The van der Waals surface area contributed by atoms with Crippen molar-refractivity contribution in [2.24, 2.45) is 17.8 Å². The highest BCUT2D eigenvalue weighted by molar-refractivity contribution is 5.83. The molecule has 0 unspecified atom stereocenters. The highest BCUT2D eigenvalue weighted by Crippen LogP contribution is 2.47. The zero-order valence-electron chi connectivity index (χ0n) is 29.4. The van der Waals surface area contributed by atoms with Gasteiger partial charge in [-0.2, -0.15) is 0 Å². The van der Waals surface area contributed by atoms with E-state index in [9.17, 15) is 24.6 Å². The van der Waals surface area contributed by atoms with Crippen LogP contribution in [0.4, 0.5) is 4.79 Å². The van der Waals surface area contributed by atoms with Crippen molar-refractivity contribution in [3.05, 3.63) is 23.8 Å². The van der Waals surface area contributed by atoms with Gasteiger partial charge >= 0.3 is 12.1 Å². The van der Waals surface area contributed by atoms with Gasteiger partial charge in [-0.25, -0.2) is 9.59 Å². The van der Waals surface area contributed by atoms with Gasteiger partial charge in [0.2, 0.25) is 5.91 Å². The number of epoxide rings is 1. The lowest BCUT2D eigenvalue weighted by Crippen LogP contribution is -2.46. The predicted molar refractivity (Wildman–Crippen MR) is 182 cm³/mol. The van der Waals surface area contributed by atoms with Crippen molar-refractivity contribution in [2.75, 3.05) is 39.9 Å². The lowest BCUT2D eigenvalue weighted by atomic mass is 9.85. The Morgan fingerprint density at radius 2 is 1.89 bits per heavy atom. The number of aliphatic hydroxyl groups excluding tert-OH is 1. The number of nitrogens with zero attached hydrogens (tertiary/aromatic N) is 1. The molecule has 0 aliphatic carbocycles. The van der Waals surface area contributed by atoms with Gasteiger partial charge in [-0.05, 0) is 70.3 Å². The first-order valence-electron chi connectivity index (χ1n) is 17.3. The zero-order chi connectivity index (χ0) is 34.7. The van der Waals surface area contributed by atoms with Gasteiger partial charge in [0.25, 0.3) is 0 Å². The number of aliphatic hydroxyl groups is 1. The number of nitrogens with one attached hydrogen (secondary N) is 2. The summed E-state index contributed by atoms with van der Waals surface area (Å²) < 4.78 is 23.2. The second-order valence-corrected chi connectivity index (χ2v) is 14.0. The van der Waals surface area contributed by atoms with Crippen LogP contribution in [0.3, 0.4) is 0 Å². The second-order valence-electron chi connectivity index (χ2n) is 14.0. The molecule has 4 N–H and O–H groups in total. The Labute approximate surface area is 283 Å². The Bertz CT molecular complexity index is 1100. The Kier molecular flexibility index (Phi) is 15.2. The van der Waals surface area contributed by atoms with Gasteiger partial charge in [-0.3, -0.25) is 4.79 Å². The molecular formula is C35H63N3O9. The standard InChI is InChI=1S/C35H59N3O9.2H2/c1-22(21-35(6)32(47-35)25(4)31(44-7)26(5)39)10-8-11-23(2)30-24(3)13-14-27(46-30)20-29(40)37-28(33(41)42)12-9-19-45-34(43)38-17-15-36-16-18-38;;/h8,10-11,22,24-28,30-32,36,39H,9,12-21H2,1-7H3,(H,37,40)(H,41,42);2*1H/b10-8+,23-11+;;/t22-,24+,25-,26-,27-,28+,30-,31-,32-,35-;;/m1../s1. The van der Waals surface area contributed by atoms with Crippen molar-refractivity contribution in [1.82, 2.24) is 15.5 Å². The highest BCUT2D eigenvalue weighted by Gasteiger charge is 2.56. The molecule has 0 bridgehead atoms. The van der Waals surface area contributed by atoms with Crippen LogP contribution in [0.2, 0.25) is 0 Å². The Morgan fingerprint density at radius 1 is 1.19 bits per heavy atom. The minimum absolute atomic E-state index is 0. The molecule has 272 valence electrons. The fraction of sp³-hybridized carbons (Fsp3) is 0.800. The fourth-order valence-corrected chi connectivity index (χ4v) is 7.13. The van der Waals surface area contributed by atoms with Crippen LogP contribution < -0.4 is 10.6 Å². The first-order chi connectivity index (χ1) is 22.2. The summed E-state index contributed by atoms with van der Waals surface area (Å²) in [6.07, 6.45) is 7.72. The molecule has 0 aromatic rings. The number of rotatable bonds is 17. The largest absolute Gasteiger partial charge is 0.480 e. The number of amides is 2. The Morgan fingerprint density at radius 3 is 2.53 bits per heavy atom. The van der Waals surface area contributed by atoms with Crippen LogP contribution in [-0.2, 0) is 28.5 Å². The number of hydrogen-bond donors (Lipinski definition) is 4. The lowest BCUT2D eigenvalue weighted by molar-refractivity contribution is -0.143. The van der Waals surface area contributed by atoms with Gasteiger partial charge in [0.15, 0.2) is 0 Å². The Balaban J connectivity index is 0.00000600. The van der Waals surface area contributed by atoms with Crippen LogP contribution in [0.5, 0.6) is 0 Å². The normalized spacial score (nSPS) is 29.9. The van der Waals surface area contributed by atoms with Crippen LogP contribution >= 0.6 is 0 Å². The smallest absolute Gasteiger partial charge is 0.409 e. The van der Waals surface area contributed by atoms with Crippen molar-refractivity contribution >= 4 is 18.0 Å². The summed E-state index contributed by atoms with van der Waals surface area (Å²) in [5.74, 6) is -0.837. The van der Waals surface area contributed by atoms with Crippen molar-refractivity contribution in [2.45, 2.75) is 122 Å². The van der Waals surface area contributed by atoms with Gasteiger partial charge in [-0.1, -0.05) is 39.0 Å². The fourth-order valence-electron chi connectivity index (χ4n) is 7.13. The molecule has 0 aromatic heterocycles. The summed E-state index contributed by atoms with van der Waals surface area (Å²) in [6.45, 7) is 15.0. The first-order valence-corrected chi connectivity index (χ1v) is 17.3. The number of hydrogen-bond acceptors (Lipinski definition) is 9. The third-order valence-electron chi connectivity index (χ3n) is 9.74. The van der Waals surface area contributed by atoms with Gasteiger partial charge < -0.3 is 44.7 Å². The molecule has 0 radical (unpaired) electrons. The highest BCUT2D eigenvalue weighted by atomic mass is 16.6. The van der Waals surface area contributed by atoms with E-state index in [0.717, 1.165) is 37.9 Å². The van der Waals surface area contributed by atoms with Gasteiger partial charge in [0, 0.05) is 42.1 Å². The summed E-state index contributed by atoms with van der Waals surface area (Å²) in [5, 5.41) is 25.5. The number of carbonyl (C=O) groups is 3. The minimum atomic E-state index is -1.12. The molecule has 47 heavy (non-hydrogen) atoms. The summed E-state index contributed by atoms with van der Waals surface area (Å²) in [4.78, 5) is 38.4. The van der Waals surface area contributed by atoms with Crippen LogP contribution in [0.25, 0.3) is 0 Å². The number of allylic oxidation sites excluding steroid dienone is 3. The van der Waals surface area contributed by atoms with Crippen LogP contribution in [0, 0.1) is 17.8 Å². The lowest BCUT2D eigenvalue weighted by Gasteiger charge is -2.35. The van der Waals surface area contributed by atoms with Crippen molar-refractivity contribution in [3.8, 4) is 0 Å². The van der Waals surface area contributed by atoms with E-state index in [4.69, 9.17) is 18.9 Å². The summed E-state index contributed by atoms with van der Waals surface area (Å²) >= 11 is 0. The molecular weight excluding hydrogens is 606 g/mol. The third kappa shape index (κ3) is 11.8. The van der Waals surface area contributed by atoms with Crippen LogP contribution in [-0.4, -0.2) is 115 Å². The number of carbonyl (C=O) groups excluding carboxylic acids is 2. The van der Waals surface area contributed by atoms with Crippen molar-refractivity contribution in [1.29, 1.82) is 0 Å². The van der Waals surface area contributed by atoms with E-state index in [-0.39, 0.29) is 76.0 Å². The van der Waals surface area contributed by atoms with E-state index < -0.39 is 24.2 Å². The van der Waals surface area contributed by atoms with Gasteiger partial charge in [0.05, 0.1) is 49.1 Å². The first kappa shape index (κ1) is 38.9. The maximum Gasteiger partial charge on any atom is 0.409 e. The molecule has 12 heteroatoms. The predicted octanol–water partition coefficient (Wildman–Crippen LogP) is 4.16.